The van der Waals surface area contributed by atoms with Crippen molar-refractivity contribution in [1.82, 2.24) is 0 Å². The number of esters is 1. The van der Waals surface area contributed by atoms with Gasteiger partial charge in [-0.2, -0.15) is 13.2 Å². The smallest absolute Gasteiger partial charge is 0.446 e. The molecule has 10 heteroatoms. The molecule has 0 radical (unpaired) electrons. The predicted molar refractivity (Wildman–Crippen MR) is 88.2 cm³/mol. The highest BCUT2D eigenvalue weighted by Crippen LogP contribution is 2.36. The fraction of sp³-hybridized carbons (Fsp3) is 0.176. The van der Waals surface area contributed by atoms with Crippen molar-refractivity contribution in [3.63, 3.8) is 0 Å². The molecule has 0 aliphatic heterocycles. The minimum absolute atomic E-state index is 0.0712. The summed E-state index contributed by atoms with van der Waals surface area (Å²) in [4.78, 5) is 23.8. The summed E-state index contributed by atoms with van der Waals surface area (Å²) >= 11 is -0.339. The Morgan fingerprint density at radius 3 is 2.30 bits per heavy atom. The van der Waals surface area contributed by atoms with Gasteiger partial charge >= 0.3 is 11.5 Å². The summed E-state index contributed by atoms with van der Waals surface area (Å²) in [5.41, 5.74) is -4.95. The van der Waals surface area contributed by atoms with Crippen LogP contribution < -0.4 is 5.32 Å². The van der Waals surface area contributed by atoms with Crippen LogP contribution in [0, 0.1) is 11.6 Å². The van der Waals surface area contributed by atoms with Gasteiger partial charge in [-0.15, -0.1) is 0 Å². The largest absolute Gasteiger partial charge is 0.449 e. The highest BCUT2D eigenvalue weighted by atomic mass is 32.2. The van der Waals surface area contributed by atoms with E-state index in [4.69, 9.17) is 4.74 Å². The van der Waals surface area contributed by atoms with Crippen LogP contribution in [-0.4, -0.2) is 23.5 Å². The molecule has 2 aromatic rings. The maximum atomic E-state index is 13.5. The fourth-order valence-corrected chi connectivity index (χ4v) is 2.44. The Hall–Kier alpha value is -2.62. The van der Waals surface area contributed by atoms with Crippen molar-refractivity contribution in [1.29, 1.82) is 0 Å². The molecule has 144 valence electrons. The lowest BCUT2D eigenvalue weighted by atomic mass is 10.2. The third-order valence-electron chi connectivity index (χ3n) is 3.16. The van der Waals surface area contributed by atoms with Crippen LogP contribution >= 0.6 is 11.8 Å². The zero-order valence-electron chi connectivity index (χ0n) is 13.6. The van der Waals surface area contributed by atoms with E-state index in [-0.39, 0.29) is 22.2 Å². The number of halogens is 5. The Labute approximate surface area is 154 Å². The number of benzene rings is 2. The number of carbonyl (C=O) groups is 2. The van der Waals surface area contributed by atoms with E-state index in [0.29, 0.717) is 0 Å². The van der Waals surface area contributed by atoms with Crippen LogP contribution in [0.25, 0.3) is 0 Å². The molecule has 0 fully saturated rings. The molecule has 4 nitrogen and oxygen atoms in total. The highest BCUT2D eigenvalue weighted by molar-refractivity contribution is 8.00. The number of amides is 1. The van der Waals surface area contributed by atoms with Crippen LogP contribution in [0.3, 0.4) is 0 Å². The first-order chi connectivity index (χ1) is 12.5. The van der Waals surface area contributed by atoms with Gasteiger partial charge in [-0.1, -0.05) is 0 Å². The van der Waals surface area contributed by atoms with E-state index < -0.39 is 40.8 Å². The lowest BCUT2D eigenvalue weighted by molar-refractivity contribution is -0.123. The number of rotatable bonds is 5. The summed E-state index contributed by atoms with van der Waals surface area (Å²) in [5.74, 6) is -3.51. The topological polar surface area (TPSA) is 55.4 Å². The van der Waals surface area contributed by atoms with E-state index >= 15 is 0 Å². The first kappa shape index (κ1) is 20.7. The van der Waals surface area contributed by atoms with E-state index in [1.807, 2.05) is 0 Å². The van der Waals surface area contributed by atoms with Crippen LogP contribution in [0.1, 0.15) is 17.3 Å². The average molecular weight is 405 g/mol. The van der Waals surface area contributed by atoms with Gasteiger partial charge in [0.15, 0.2) is 6.10 Å². The van der Waals surface area contributed by atoms with E-state index in [0.717, 1.165) is 42.5 Å². The molecule has 0 aliphatic carbocycles. The molecule has 1 amide bonds. The summed E-state index contributed by atoms with van der Waals surface area (Å²) in [5, 5.41) is 2.08. The molecule has 2 aromatic carbocycles. The van der Waals surface area contributed by atoms with Gasteiger partial charge in [0.25, 0.3) is 5.91 Å². The third-order valence-corrected chi connectivity index (χ3v) is 3.90. The van der Waals surface area contributed by atoms with Gasteiger partial charge in [0.2, 0.25) is 0 Å². The van der Waals surface area contributed by atoms with Crippen molar-refractivity contribution in [2.24, 2.45) is 0 Å². The molecule has 2 rings (SSSR count). The van der Waals surface area contributed by atoms with Crippen molar-refractivity contribution < 1.29 is 36.3 Å². The monoisotopic (exact) mass is 405 g/mol. The molecule has 0 saturated heterocycles. The maximum Gasteiger partial charge on any atom is 0.446 e. The number of ether oxygens (including phenoxy) is 1. The van der Waals surface area contributed by atoms with Gasteiger partial charge in [0, 0.05) is 11.0 Å². The summed E-state index contributed by atoms with van der Waals surface area (Å²) < 4.78 is 68.3. The number of thioether (sulfide) groups is 1. The lowest BCUT2D eigenvalue weighted by Crippen LogP contribution is -2.30. The standard InChI is InChI=1S/C17H12F5NO3S/c1-9(15(24)23-14-8-11(18)4-7-13(14)19)26-16(25)10-2-5-12(6-3-10)27-17(20,21)22/h2-9H,1H3,(H,23,24). The maximum absolute atomic E-state index is 13.5. The highest BCUT2D eigenvalue weighted by Gasteiger charge is 2.29. The van der Waals surface area contributed by atoms with E-state index in [9.17, 15) is 31.5 Å². The summed E-state index contributed by atoms with van der Waals surface area (Å²) in [7, 11) is 0. The van der Waals surface area contributed by atoms with Crippen molar-refractivity contribution in [3.05, 3.63) is 59.7 Å². The normalized spacial score (nSPS) is 12.4. The first-order valence-electron chi connectivity index (χ1n) is 7.38. The Morgan fingerprint density at radius 2 is 1.70 bits per heavy atom. The number of alkyl halides is 3. The average Bonchev–Trinajstić information content (AvgIpc) is 2.57. The van der Waals surface area contributed by atoms with Crippen molar-refractivity contribution in [2.75, 3.05) is 5.32 Å². The van der Waals surface area contributed by atoms with Gasteiger partial charge in [0.1, 0.15) is 11.6 Å². The molecule has 0 heterocycles. The second-order valence-corrected chi connectivity index (χ2v) is 6.37. The SMILES string of the molecule is CC(OC(=O)c1ccc(SC(F)(F)F)cc1)C(=O)Nc1cc(F)ccc1F. The third kappa shape index (κ3) is 6.24. The zero-order valence-corrected chi connectivity index (χ0v) is 14.5. The number of hydrogen-bond donors (Lipinski definition) is 1. The predicted octanol–water partition coefficient (Wildman–Crippen LogP) is 4.76. The molecule has 0 aromatic heterocycles. The Bertz CT molecular complexity index is 839. The quantitative estimate of drug-likeness (QED) is 0.443. The number of hydrogen-bond acceptors (Lipinski definition) is 4. The molecule has 1 unspecified atom stereocenters. The van der Waals surface area contributed by atoms with Gasteiger partial charge in [-0.3, -0.25) is 4.79 Å². The van der Waals surface area contributed by atoms with Crippen molar-refractivity contribution in [2.45, 2.75) is 23.4 Å². The van der Waals surface area contributed by atoms with Gasteiger partial charge in [-0.05, 0) is 55.1 Å². The molecule has 0 saturated carbocycles. The molecule has 1 N–H and O–H groups in total. The number of nitrogens with one attached hydrogen (secondary N) is 1. The van der Waals surface area contributed by atoms with Crippen LogP contribution in [0.4, 0.5) is 27.6 Å². The minimum Gasteiger partial charge on any atom is -0.449 e. The van der Waals surface area contributed by atoms with Crippen LogP contribution in [-0.2, 0) is 9.53 Å². The molecule has 0 spiro atoms. The van der Waals surface area contributed by atoms with E-state index in [1.54, 1.807) is 0 Å². The summed E-state index contributed by atoms with van der Waals surface area (Å²) in [6.07, 6.45) is -1.36. The molecule has 0 bridgehead atoms. The second-order valence-electron chi connectivity index (χ2n) is 5.23. The van der Waals surface area contributed by atoms with Crippen LogP contribution in [0.2, 0.25) is 0 Å². The molecule has 1 atom stereocenters. The zero-order chi connectivity index (χ0) is 20.2. The Balaban J connectivity index is 1.98. The van der Waals surface area contributed by atoms with Crippen LogP contribution in [0.5, 0.6) is 0 Å². The number of carbonyl (C=O) groups excluding carboxylic acids is 2. The lowest BCUT2D eigenvalue weighted by Gasteiger charge is -2.14. The van der Waals surface area contributed by atoms with Gasteiger partial charge in [-0.25, -0.2) is 13.6 Å². The first-order valence-corrected chi connectivity index (χ1v) is 8.19. The number of anilines is 1. The van der Waals surface area contributed by atoms with Crippen molar-refractivity contribution in [3.8, 4) is 0 Å². The van der Waals surface area contributed by atoms with E-state index in [2.05, 4.69) is 5.32 Å². The molecule has 0 aliphatic rings. The van der Waals surface area contributed by atoms with E-state index in [1.165, 1.54) is 6.92 Å². The van der Waals surface area contributed by atoms with Gasteiger partial charge < -0.3 is 10.1 Å². The van der Waals surface area contributed by atoms with Gasteiger partial charge in [0.05, 0.1) is 11.3 Å². The molecule has 27 heavy (non-hydrogen) atoms. The summed E-state index contributed by atoms with van der Waals surface area (Å²) in [6.45, 7) is 1.21. The Morgan fingerprint density at radius 1 is 1.07 bits per heavy atom. The fourth-order valence-electron chi connectivity index (χ4n) is 1.90. The molecular weight excluding hydrogens is 393 g/mol. The Kier molecular flexibility index (Phi) is 6.42. The van der Waals surface area contributed by atoms with Crippen LogP contribution in [0.15, 0.2) is 47.4 Å². The minimum atomic E-state index is -4.46. The van der Waals surface area contributed by atoms with Crippen molar-refractivity contribution >= 4 is 29.3 Å². The molecular formula is C17H12F5NO3S. The second kappa shape index (κ2) is 8.38. The summed E-state index contributed by atoms with van der Waals surface area (Å²) in [6, 6.07) is 6.86.